The van der Waals surface area contributed by atoms with Gasteiger partial charge in [-0.25, -0.2) is 0 Å². The fraction of sp³-hybridized carbons (Fsp3) is 0.0690. The number of carbonyl (C=O) groups is 3. The summed E-state index contributed by atoms with van der Waals surface area (Å²) in [5.74, 6) is -0.972. The highest BCUT2D eigenvalue weighted by Gasteiger charge is 2.18. The molecular weight excluding hydrogens is 582 g/mol. The molecule has 0 aliphatic carbocycles. The maximum atomic E-state index is 13.2. The van der Waals surface area contributed by atoms with Crippen molar-refractivity contribution in [1.82, 2.24) is 5.32 Å². The van der Waals surface area contributed by atoms with Gasteiger partial charge in [-0.15, -0.1) is 11.8 Å². The van der Waals surface area contributed by atoms with Gasteiger partial charge in [-0.1, -0.05) is 36.4 Å². The van der Waals surface area contributed by atoms with E-state index < -0.39 is 5.91 Å². The molecule has 0 saturated carbocycles. The highest BCUT2D eigenvalue weighted by atomic mass is 79.9. The lowest BCUT2D eigenvalue weighted by Crippen LogP contribution is -2.30. The van der Waals surface area contributed by atoms with Crippen molar-refractivity contribution in [2.45, 2.75) is 17.1 Å². The van der Waals surface area contributed by atoms with Crippen molar-refractivity contribution < 1.29 is 14.4 Å². The number of thiophene rings is 1. The third-order valence-corrected chi connectivity index (χ3v) is 7.78. The van der Waals surface area contributed by atoms with Crippen molar-refractivity contribution in [1.29, 1.82) is 0 Å². The summed E-state index contributed by atoms with van der Waals surface area (Å²) in [6, 6.07) is 25.3. The normalized spacial score (nSPS) is 11.9. The second-order valence-corrected chi connectivity index (χ2v) is 11.2. The molecule has 4 rings (SSSR count). The smallest absolute Gasteiger partial charge is 0.272 e. The molecule has 0 spiro atoms. The number of hydrogen-bond donors (Lipinski definition) is 3. The van der Waals surface area contributed by atoms with E-state index in [9.17, 15) is 14.4 Å². The Morgan fingerprint density at radius 3 is 2.42 bits per heavy atom. The van der Waals surface area contributed by atoms with Crippen LogP contribution in [0.1, 0.15) is 22.8 Å². The average Bonchev–Trinajstić information content (AvgIpc) is 3.43. The number of thioether (sulfide) groups is 1. The van der Waals surface area contributed by atoms with Crippen molar-refractivity contribution in [2.75, 3.05) is 10.6 Å². The largest absolute Gasteiger partial charge is 0.324 e. The van der Waals surface area contributed by atoms with E-state index in [4.69, 9.17) is 0 Å². The quantitative estimate of drug-likeness (QED) is 0.141. The van der Waals surface area contributed by atoms with E-state index in [1.54, 1.807) is 48.5 Å². The van der Waals surface area contributed by atoms with Crippen LogP contribution in [0.4, 0.5) is 11.4 Å². The Balaban J connectivity index is 1.45. The second-order valence-electron chi connectivity index (χ2n) is 8.15. The van der Waals surface area contributed by atoms with Crippen LogP contribution in [0.15, 0.2) is 111 Å². The molecule has 0 aliphatic heterocycles. The topological polar surface area (TPSA) is 87.3 Å². The molecule has 1 atom stereocenters. The number of benzene rings is 3. The van der Waals surface area contributed by atoms with Gasteiger partial charge in [0.2, 0.25) is 5.91 Å². The summed E-state index contributed by atoms with van der Waals surface area (Å²) in [5.41, 5.74) is 2.63. The molecule has 6 nitrogen and oxygen atoms in total. The van der Waals surface area contributed by atoms with Crippen molar-refractivity contribution >= 4 is 74.2 Å². The third kappa shape index (κ3) is 7.67. The summed E-state index contributed by atoms with van der Waals surface area (Å²) in [4.78, 5) is 39.5. The molecule has 9 heteroatoms. The van der Waals surface area contributed by atoms with Crippen LogP contribution in [0, 0.1) is 0 Å². The first-order chi connectivity index (χ1) is 18.4. The van der Waals surface area contributed by atoms with Crippen LogP contribution in [-0.4, -0.2) is 23.0 Å². The molecule has 3 N–H and O–H groups in total. The van der Waals surface area contributed by atoms with Gasteiger partial charge in [0.15, 0.2) is 0 Å². The number of carbonyl (C=O) groups excluding carboxylic acids is 3. The minimum absolute atomic E-state index is 0.122. The molecule has 0 fully saturated rings. The van der Waals surface area contributed by atoms with Crippen molar-refractivity contribution in [3.63, 3.8) is 0 Å². The number of nitrogens with one attached hydrogen (secondary N) is 3. The van der Waals surface area contributed by atoms with Crippen molar-refractivity contribution in [3.8, 4) is 0 Å². The lowest BCUT2D eigenvalue weighted by atomic mass is 10.2. The van der Waals surface area contributed by atoms with Crippen LogP contribution in [0.5, 0.6) is 0 Å². The molecule has 0 bridgehead atoms. The van der Waals surface area contributed by atoms with Gasteiger partial charge in [0.1, 0.15) is 5.70 Å². The second kappa shape index (κ2) is 13.2. The Kier molecular flexibility index (Phi) is 9.53. The molecule has 4 aromatic rings. The Bertz CT molecular complexity index is 1460. The SMILES string of the molecule is CC(Sc1cccc(NC(=O)/C(=C/c2ccsc2)NC(=O)c2ccccc2)c1)C(=O)Nc1ccccc1Br. The van der Waals surface area contributed by atoms with Crippen LogP contribution < -0.4 is 16.0 Å². The minimum Gasteiger partial charge on any atom is -0.324 e. The molecule has 0 saturated heterocycles. The predicted molar refractivity (Wildman–Crippen MR) is 159 cm³/mol. The van der Waals surface area contributed by atoms with Gasteiger partial charge in [0, 0.05) is 20.6 Å². The first-order valence-electron chi connectivity index (χ1n) is 11.6. The Morgan fingerprint density at radius 2 is 1.68 bits per heavy atom. The monoisotopic (exact) mass is 605 g/mol. The Labute approximate surface area is 237 Å². The first kappa shape index (κ1) is 27.4. The summed E-state index contributed by atoms with van der Waals surface area (Å²) < 4.78 is 0.806. The molecule has 3 amide bonds. The molecule has 3 aromatic carbocycles. The van der Waals surface area contributed by atoms with E-state index in [1.807, 2.05) is 60.1 Å². The Hall–Kier alpha value is -3.66. The van der Waals surface area contributed by atoms with Gasteiger partial charge in [-0.2, -0.15) is 11.3 Å². The summed E-state index contributed by atoms with van der Waals surface area (Å²) in [6.45, 7) is 1.82. The zero-order valence-electron chi connectivity index (χ0n) is 20.3. The summed E-state index contributed by atoms with van der Waals surface area (Å²) in [7, 11) is 0. The van der Waals surface area contributed by atoms with Gasteiger partial charge in [-0.05, 0) is 93.8 Å². The zero-order valence-corrected chi connectivity index (χ0v) is 23.5. The Morgan fingerprint density at radius 1 is 0.921 bits per heavy atom. The van der Waals surface area contributed by atoms with E-state index in [2.05, 4.69) is 31.9 Å². The van der Waals surface area contributed by atoms with Gasteiger partial charge in [-0.3, -0.25) is 14.4 Å². The zero-order chi connectivity index (χ0) is 26.9. The number of anilines is 2. The molecular formula is C29H24BrN3O3S2. The van der Waals surface area contributed by atoms with Crippen LogP contribution in [0.2, 0.25) is 0 Å². The fourth-order valence-electron chi connectivity index (χ4n) is 3.37. The standard InChI is InChI=1S/C29H24BrN3O3S2/c1-19(27(34)32-25-13-6-5-12-24(25)30)38-23-11-7-10-22(17-23)31-29(36)26(16-20-14-15-37-18-20)33-28(35)21-8-3-2-4-9-21/h2-19H,1H3,(H,31,36)(H,32,34)(H,33,35)/b26-16-. The van der Waals surface area contributed by atoms with E-state index in [1.165, 1.54) is 23.1 Å². The maximum Gasteiger partial charge on any atom is 0.272 e. The van der Waals surface area contributed by atoms with Crippen LogP contribution in [-0.2, 0) is 9.59 Å². The van der Waals surface area contributed by atoms with Crippen LogP contribution >= 0.6 is 39.0 Å². The van der Waals surface area contributed by atoms with Gasteiger partial charge in [0.05, 0.1) is 10.9 Å². The van der Waals surface area contributed by atoms with Gasteiger partial charge >= 0.3 is 0 Å². The molecule has 0 radical (unpaired) electrons. The molecule has 0 aliphatic rings. The number of para-hydroxylation sites is 1. The van der Waals surface area contributed by atoms with Gasteiger partial charge in [0.25, 0.3) is 11.8 Å². The van der Waals surface area contributed by atoms with E-state index >= 15 is 0 Å². The van der Waals surface area contributed by atoms with E-state index in [0.717, 1.165) is 14.9 Å². The van der Waals surface area contributed by atoms with Crippen molar-refractivity contribution in [2.24, 2.45) is 0 Å². The van der Waals surface area contributed by atoms with Crippen molar-refractivity contribution in [3.05, 3.63) is 117 Å². The lowest BCUT2D eigenvalue weighted by Gasteiger charge is -2.14. The minimum atomic E-state index is -0.456. The summed E-state index contributed by atoms with van der Waals surface area (Å²) in [5, 5.41) is 11.9. The summed E-state index contributed by atoms with van der Waals surface area (Å²) >= 11 is 6.31. The average molecular weight is 607 g/mol. The number of amides is 3. The third-order valence-electron chi connectivity index (χ3n) is 5.29. The first-order valence-corrected chi connectivity index (χ1v) is 14.2. The molecule has 1 unspecified atom stereocenters. The molecule has 192 valence electrons. The number of hydrogen-bond acceptors (Lipinski definition) is 5. The highest BCUT2D eigenvalue weighted by molar-refractivity contribution is 9.10. The summed E-state index contributed by atoms with van der Waals surface area (Å²) in [6.07, 6.45) is 1.64. The molecule has 38 heavy (non-hydrogen) atoms. The van der Waals surface area contributed by atoms with E-state index in [0.29, 0.717) is 16.9 Å². The van der Waals surface area contributed by atoms with Crippen LogP contribution in [0.3, 0.4) is 0 Å². The number of rotatable bonds is 9. The fourth-order valence-corrected chi connectivity index (χ4v) is 5.29. The number of halogens is 1. The van der Waals surface area contributed by atoms with Gasteiger partial charge < -0.3 is 16.0 Å². The lowest BCUT2D eigenvalue weighted by molar-refractivity contribution is -0.115. The maximum absolute atomic E-state index is 13.2. The van der Waals surface area contributed by atoms with Crippen LogP contribution in [0.25, 0.3) is 6.08 Å². The van der Waals surface area contributed by atoms with E-state index in [-0.39, 0.29) is 22.8 Å². The highest BCUT2D eigenvalue weighted by Crippen LogP contribution is 2.28. The molecule has 1 aromatic heterocycles. The molecule has 1 heterocycles. The predicted octanol–water partition coefficient (Wildman–Crippen LogP) is 7.04.